The molecule has 0 aliphatic heterocycles. The Morgan fingerprint density at radius 1 is 1.31 bits per heavy atom. The number of aromatic amines is 1. The molecule has 1 aromatic heterocycles. The van der Waals surface area contributed by atoms with Gasteiger partial charge in [-0.2, -0.15) is 15.4 Å². The summed E-state index contributed by atoms with van der Waals surface area (Å²) in [5, 5.41) is 10.6. The maximum Gasteiger partial charge on any atom is 0.154 e. The molecule has 0 atom stereocenters. The van der Waals surface area contributed by atoms with E-state index in [0.29, 0.717) is 0 Å². The maximum atomic E-state index is 5.56. The van der Waals surface area contributed by atoms with Crippen molar-refractivity contribution in [2.45, 2.75) is 20.0 Å². The van der Waals surface area contributed by atoms with E-state index in [1.54, 1.807) is 0 Å². The summed E-state index contributed by atoms with van der Waals surface area (Å²) >= 11 is 0. The zero-order chi connectivity index (χ0) is 9.26. The Kier molecular flexibility index (Phi) is 1.88. The summed E-state index contributed by atoms with van der Waals surface area (Å²) in [6, 6.07) is 5.69. The van der Waals surface area contributed by atoms with Crippen molar-refractivity contribution in [2.75, 3.05) is 0 Å². The molecule has 4 nitrogen and oxygen atoms in total. The van der Waals surface area contributed by atoms with Crippen molar-refractivity contribution in [1.82, 2.24) is 15.4 Å². The first-order valence-corrected chi connectivity index (χ1v) is 4.23. The fraction of sp³-hybridized carbons (Fsp3) is 0.333. The van der Waals surface area contributed by atoms with Crippen LogP contribution in [-0.4, -0.2) is 21.5 Å². The molecule has 0 aliphatic carbocycles. The second kappa shape index (κ2) is 3.05. The fourth-order valence-corrected chi connectivity index (χ4v) is 1.19. The second-order valence-corrected chi connectivity index (χ2v) is 3.11. The highest BCUT2D eigenvalue weighted by molar-refractivity contribution is 5.80. The van der Waals surface area contributed by atoms with Crippen LogP contribution in [0.1, 0.15) is 13.8 Å². The van der Waals surface area contributed by atoms with Gasteiger partial charge in [-0.15, -0.1) is 0 Å². The van der Waals surface area contributed by atoms with Crippen LogP contribution in [0, 0.1) is 0 Å². The van der Waals surface area contributed by atoms with Crippen LogP contribution >= 0.6 is 0 Å². The molecule has 2 rings (SSSR count). The predicted molar refractivity (Wildman–Crippen MR) is 49.7 cm³/mol. The predicted octanol–water partition coefficient (Wildman–Crippen LogP) is 1.75. The number of aromatic nitrogens is 3. The van der Waals surface area contributed by atoms with Gasteiger partial charge in [0, 0.05) is 0 Å². The van der Waals surface area contributed by atoms with E-state index in [9.17, 15) is 0 Å². The number of benzene rings is 1. The van der Waals surface area contributed by atoms with Crippen molar-refractivity contribution < 1.29 is 4.74 Å². The Labute approximate surface area is 75.9 Å². The normalized spacial score (nSPS) is 11.0. The van der Waals surface area contributed by atoms with Gasteiger partial charge in [-0.25, -0.2) is 0 Å². The van der Waals surface area contributed by atoms with Crippen LogP contribution in [0.3, 0.4) is 0 Å². The molecular weight excluding hydrogens is 166 g/mol. The van der Waals surface area contributed by atoms with Crippen LogP contribution in [0.5, 0.6) is 5.75 Å². The third kappa shape index (κ3) is 1.47. The monoisotopic (exact) mass is 177 g/mol. The zero-order valence-corrected chi connectivity index (χ0v) is 7.61. The Morgan fingerprint density at radius 2 is 2.15 bits per heavy atom. The minimum absolute atomic E-state index is 0.155. The van der Waals surface area contributed by atoms with Gasteiger partial charge in [0.2, 0.25) is 0 Å². The quantitative estimate of drug-likeness (QED) is 0.760. The third-order valence-corrected chi connectivity index (χ3v) is 1.67. The van der Waals surface area contributed by atoms with Crippen LogP contribution in [0.15, 0.2) is 18.2 Å². The van der Waals surface area contributed by atoms with Crippen molar-refractivity contribution in [3.05, 3.63) is 18.2 Å². The lowest BCUT2D eigenvalue weighted by atomic mass is 10.3. The number of nitrogens with one attached hydrogen (secondary N) is 1. The maximum absolute atomic E-state index is 5.56. The molecule has 0 saturated carbocycles. The second-order valence-electron chi connectivity index (χ2n) is 3.11. The molecule has 2 aromatic rings. The molecule has 0 fully saturated rings. The van der Waals surface area contributed by atoms with Crippen molar-refractivity contribution >= 4 is 11.0 Å². The third-order valence-electron chi connectivity index (χ3n) is 1.67. The van der Waals surface area contributed by atoms with E-state index < -0.39 is 0 Å². The minimum atomic E-state index is 0.155. The van der Waals surface area contributed by atoms with Gasteiger partial charge in [0.1, 0.15) is 11.3 Å². The van der Waals surface area contributed by atoms with E-state index in [4.69, 9.17) is 4.74 Å². The molecule has 13 heavy (non-hydrogen) atoms. The number of hydrogen-bond acceptors (Lipinski definition) is 3. The first-order valence-electron chi connectivity index (χ1n) is 4.23. The summed E-state index contributed by atoms with van der Waals surface area (Å²) in [6.07, 6.45) is 0.155. The summed E-state index contributed by atoms with van der Waals surface area (Å²) in [6.45, 7) is 3.97. The van der Waals surface area contributed by atoms with E-state index in [-0.39, 0.29) is 6.10 Å². The molecule has 0 spiro atoms. The van der Waals surface area contributed by atoms with Crippen molar-refractivity contribution in [3.8, 4) is 5.75 Å². The first-order chi connectivity index (χ1) is 6.27. The van der Waals surface area contributed by atoms with Gasteiger partial charge < -0.3 is 4.74 Å². The SMILES string of the molecule is CC(C)Oc1cccc2n[nH]nc12. The van der Waals surface area contributed by atoms with Gasteiger partial charge >= 0.3 is 0 Å². The lowest BCUT2D eigenvalue weighted by molar-refractivity contribution is 0.245. The summed E-state index contributed by atoms with van der Waals surface area (Å²) in [5.41, 5.74) is 1.62. The minimum Gasteiger partial charge on any atom is -0.489 e. The highest BCUT2D eigenvalue weighted by Crippen LogP contribution is 2.21. The highest BCUT2D eigenvalue weighted by atomic mass is 16.5. The van der Waals surface area contributed by atoms with Crippen LogP contribution < -0.4 is 4.74 Å². The average molecular weight is 177 g/mol. The molecule has 4 heteroatoms. The number of H-pyrrole nitrogens is 1. The van der Waals surface area contributed by atoms with Gasteiger partial charge in [-0.3, -0.25) is 0 Å². The Balaban J connectivity index is 2.48. The number of rotatable bonds is 2. The molecule has 0 saturated heterocycles. The van der Waals surface area contributed by atoms with Crippen molar-refractivity contribution in [2.24, 2.45) is 0 Å². The average Bonchev–Trinajstić information content (AvgIpc) is 2.51. The molecule has 0 aliphatic rings. The van der Waals surface area contributed by atoms with Gasteiger partial charge in [-0.1, -0.05) is 6.07 Å². The largest absolute Gasteiger partial charge is 0.489 e. The fourth-order valence-electron chi connectivity index (χ4n) is 1.19. The van der Waals surface area contributed by atoms with Crippen LogP contribution in [0.2, 0.25) is 0 Å². The van der Waals surface area contributed by atoms with E-state index >= 15 is 0 Å². The topological polar surface area (TPSA) is 50.8 Å². The van der Waals surface area contributed by atoms with Gasteiger partial charge in [0.25, 0.3) is 0 Å². The molecule has 68 valence electrons. The van der Waals surface area contributed by atoms with E-state index in [1.165, 1.54) is 0 Å². The van der Waals surface area contributed by atoms with Crippen LogP contribution in [0.4, 0.5) is 0 Å². The zero-order valence-electron chi connectivity index (χ0n) is 7.61. The van der Waals surface area contributed by atoms with Crippen molar-refractivity contribution in [1.29, 1.82) is 0 Å². The molecule has 1 heterocycles. The summed E-state index contributed by atoms with van der Waals surface area (Å²) in [4.78, 5) is 0. The molecule has 0 unspecified atom stereocenters. The smallest absolute Gasteiger partial charge is 0.154 e. The number of hydrogen-bond donors (Lipinski definition) is 1. The summed E-state index contributed by atoms with van der Waals surface area (Å²) < 4.78 is 5.56. The van der Waals surface area contributed by atoms with E-state index in [2.05, 4.69) is 15.4 Å². The summed E-state index contributed by atoms with van der Waals surface area (Å²) in [7, 11) is 0. The van der Waals surface area contributed by atoms with Crippen molar-refractivity contribution in [3.63, 3.8) is 0 Å². The molecule has 0 amide bonds. The van der Waals surface area contributed by atoms with Gasteiger partial charge in [0.15, 0.2) is 5.52 Å². The Bertz CT molecular complexity index is 408. The summed E-state index contributed by atoms with van der Waals surface area (Å²) in [5.74, 6) is 0.779. The number of fused-ring (bicyclic) bond motifs is 1. The highest BCUT2D eigenvalue weighted by Gasteiger charge is 2.06. The van der Waals surface area contributed by atoms with Crippen LogP contribution in [0.25, 0.3) is 11.0 Å². The van der Waals surface area contributed by atoms with Crippen LogP contribution in [-0.2, 0) is 0 Å². The number of para-hydroxylation sites is 1. The Hall–Kier alpha value is -1.58. The molecular formula is C9H11N3O. The molecule has 0 radical (unpaired) electrons. The molecule has 1 aromatic carbocycles. The van der Waals surface area contributed by atoms with Gasteiger partial charge in [-0.05, 0) is 26.0 Å². The lowest BCUT2D eigenvalue weighted by Crippen LogP contribution is -2.05. The molecule has 1 N–H and O–H groups in total. The standard InChI is InChI=1S/C9H11N3O/c1-6(2)13-8-5-3-4-7-9(8)11-12-10-7/h3-6H,1-2H3,(H,10,11,12). The number of ether oxygens (including phenoxy) is 1. The molecule has 0 bridgehead atoms. The van der Waals surface area contributed by atoms with E-state index in [0.717, 1.165) is 16.8 Å². The first kappa shape index (κ1) is 8.04. The lowest BCUT2D eigenvalue weighted by Gasteiger charge is -2.08. The van der Waals surface area contributed by atoms with Gasteiger partial charge in [0.05, 0.1) is 6.10 Å². The van der Waals surface area contributed by atoms with E-state index in [1.807, 2.05) is 32.0 Å². The number of nitrogens with zero attached hydrogens (tertiary/aromatic N) is 2. The Morgan fingerprint density at radius 3 is 2.92 bits per heavy atom.